The summed E-state index contributed by atoms with van der Waals surface area (Å²) in [6.07, 6.45) is 1.42. The Bertz CT molecular complexity index is 711. The van der Waals surface area contributed by atoms with Crippen molar-refractivity contribution >= 4 is 17.7 Å². The van der Waals surface area contributed by atoms with E-state index in [0.717, 1.165) is 0 Å². The second-order valence-corrected chi connectivity index (χ2v) is 4.81. The van der Waals surface area contributed by atoms with Gasteiger partial charge in [0.2, 0.25) is 0 Å². The number of nitro benzene ring substituents is 1. The number of ether oxygens (including phenoxy) is 1. The number of rotatable bonds is 5. The quantitative estimate of drug-likeness (QED) is 0.373. The van der Waals surface area contributed by atoms with Crippen LogP contribution in [-0.4, -0.2) is 23.5 Å². The number of nitrogens with one attached hydrogen (secondary N) is 2. The molecule has 8 nitrogen and oxygen atoms in total. The highest BCUT2D eigenvalue weighted by Gasteiger charge is 2.32. The SMILES string of the molecule is C=CCOC(=O)C1=C(C)NC(=O)N[C@H]1c1cccc([N+](=O)[O-])c1. The monoisotopic (exact) mass is 317 g/mol. The van der Waals surface area contributed by atoms with Gasteiger partial charge in [0.1, 0.15) is 6.61 Å². The van der Waals surface area contributed by atoms with Gasteiger partial charge in [0.25, 0.3) is 5.69 Å². The molecule has 2 rings (SSSR count). The van der Waals surface area contributed by atoms with Crippen LogP contribution in [0.5, 0.6) is 0 Å². The molecular formula is C15H15N3O5. The Balaban J connectivity index is 2.44. The average Bonchev–Trinajstić information content (AvgIpc) is 2.52. The molecule has 1 aromatic carbocycles. The van der Waals surface area contributed by atoms with Gasteiger partial charge in [-0.05, 0) is 12.5 Å². The molecule has 0 spiro atoms. The van der Waals surface area contributed by atoms with Gasteiger partial charge in [-0.3, -0.25) is 10.1 Å². The molecule has 1 aliphatic heterocycles. The number of amides is 2. The fourth-order valence-corrected chi connectivity index (χ4v) is 2.24. The minimum absolute atomic E-state index is 0.0191. The van der Waals surface area contributed by atoms with Gasteiger partial charge in [-0.2, -0.15) is 0 Å². The van der Waals surface area contributed by atoms with Crippen LogP contribution >= 0.6 is 0 Å². The third-order valence-corrected chi connectivity index (χ3v) is 3.24. The van der Waals surface area contributed by atoms with Crippen LogP contribution < -0.4 is 10.6 Å². The highest BCUT2D eigenvalue weighted by Crippen LogP contribution is 2.29. The molecule has 2 N–H and O–H groups in total. The van der Waals surface area contributed by atoms with E-state index in [1.54, 1.807) is 13.0 Å². The summed E-state index contributed by atoms with van der Waals surface area (Å²) in [7, 11) is 0. The van der Waals surface area contributed by atoms with Crippen molar-refractivity contribution in [1.82, 2.24) is 10.6 Å². The third kappa shape index (κ3) is 3.54. The third-order valence-electron chi connectivity index (χ3n) is 3.24. The smallest absolute Gasteiger partial charge is 0.338 e. The molecule has 0 fully saturated rings. The van der Waals surface area contributed by atoms with E-state index in [2.05, 4.69) is 17.2 Å². The number of nitro groups is 1. The first-order valence-corrected chi connectivity index (χ1v) is 6.74. The number of carbonyl (C=O) groups excluding carboxylic acids is 2. The van der Waals surface area contributed by atoms with Crippen molar-refractivity contribution in [2.75, 3.05) is 6.61 Å². The number of nitrogens with zero attached hydrogens (tertiary/aromatic N) is 1. The lowest BCUT2D eigenvalue weighted by Crippen LogP contribution is -2.45. The Kier molecular flexibility index (Phi) is 4.75. The maximum Gasteiger partial charge on any atom is 0.338 e. The van der Waals surface area contributed by atoms with Crippen molar-refractivity contribution in [3.8, 4) is 0 Å². The van der Waals surface area contributed by atoms with E-state index in [1.165, 1.54) is 24.3 Å². The molecule has 0 saturated carbocycles. The first-order valence-electron chi connectivity index (χ1n) is 6.74. The molecule has 0 saturated heterocycles. The lowest BCUT2D eigenvalue weighted by atomic mass is 9.95. The Hall–Kier alpha value is -3.16. The summed E-state index contributed by atoms with van der Waals surface area (Å²) >= 11 is 0. The maximum atomic E-state index is 12.2. The standard InChI is InChI=1S/C15H15N3O5/c1-3-7-23-14(19)12-9(2)16-15(20)17-13(12)10-5-4-6-11(8-10)18(21)22/h3-6,8,13H,1,7H2,2H3,(H2,16,17,20)/t13-/m0/s1. The van der Waals surface area contributed by atoms with Crippen LogP contribution in [-0.2, 0) is 9.53 Å². The number of allylic oxidation sites excluding steroid dienone is 1. The van der Waals surface area contributed by atoms with Gasteiger partial charge < -0.3 is 15.4 Å². The van der Waals surface area contributed by atoms with Crippen molar-refractivity contribution in [3.63, 3.8) is 0 Å². The van der Waals surface area contributed by atoms with Crippen LogP contribution in [0.4, 0.5) is 10.5 Å². The van der Waals surface area contributed by atoms with Crippen molar-refractivity contribution in [2.24, 2.45) is 0 Å². The van der Waals surface area contributed by atoms with Gasteiger partial charge >= 0.3 is 12.0 Å². The predicted molar refractivity (Wildman–Crippen MR) is 81.4 cm³/mol. The Labute approximate surface area is 132 Å². The zero-order valence-corrected chi connectivity index (χ0v) is 12.4. The highest BCUT2D eigenvalue weighted by atomic mass is 16.6. The Morgan fingerprint density at radius 3 is 2.91 bits per heavy atom. The molecule has 120 valence electrons. The molecule has 8 heteroatoms. The second-order valence-electron chi connectivity index (χ2n) is 4.81. The molecule has 23 heavy (non-hydrogen) atoms. The van der Waals surface area contributed by atoms with E-state index in [1.807, 2.05) is 0 Å². The molecule has 1 aliphatic rings. The zero-order valence-electron chi connectivity index (χ0n) is 12.4. The van der Waals surface area contributed by atoms with Crippen molar-refractivity contribution in [2.45, 2.75) is 13.0 Å². The summed E-state index contributed by atoms with van der Waals surface area (Å²) in [5.74, 6) is -0.633. The Morgan fingerprint density at radius 1 is 1.52 bits per heavy atom. The first kappa shape index (κ1) is 16.2. The summed E-state index contributed by atoms with van der Waals surface area (Å²) in [5, 5.41) is 16.0. The largest absolute Gasteiger partial charge is 0.458 e. The minimum atomic E-state index is -0.832. The molecule has 0 bridgehead atoms. The van der Waals surface area contributed by atoms with E-state index < -0.39 is 23.0 Å². The van der Waals surface area contributed by atoms with Crippen LogP contribution in [0.2, 0.25) is 0 Å². The number of hydrogen-bond acceptors (Lipinski definition) is 5. The zero-order chi connectivity index (χ0) is 17.0. The van der Waals surface area contributed by atoms with E-state index in [-0.39, 0.29) is 17.9 Å². The molecule has 1 aromatic rings. The van der Waals surface area contributed by atoms with Gasteiger partial charge in [0, 0.05) is 17.8 Å². The fraction of sp³-hybridized carbons (Fsp3) is 0.200. The molecule has 0 unspecified atom stereocenters. The molecule has 1 heterocycles. The molecule has 2 amide bonds. The van der Waals surface area contributed by atoms with Crippen LogP contribution in [0.15, 0.2) is 48.2 Å². The maximum absolute atomic E-state index is 12.2. The van der Waals surface area contributed by atoms with E-state index in [0.29, 0.717) is 11.3 Å². The first-order chi connectivity index (χ1) is 10.9. The van der Waals surface area contributed by atoms with E-state index in [4.69, 9.17) is 4.74 Å². The van der Waals surface area contributed by atoms with E-state index >= 15 is 0 Å². The highest BCUT2D eigenvalue weighted by molar-refractivity contribution is 5.95. The molecular weight excluding hydrogens is 302 g/mol. The molecule has 1 atom stereocenters. The molecule has 0 aromatic heterocycles. The van der Waals surface area contributed by atoms with Crippen molar-refractivity contribution in [1.29, 1.82) is 0 Å². The number of benzene rings is 1. The lowest BCUT2D eigenvalue weighted by Gasteiger charge is -2.27. The second kappa shape index (κ2) is 6.73. The van der Waals surface area contributed by atoms with Gasteiger partial charge in [-0.1, -0.05) is 24.8 Å². The Morgan fingerprint density at radius 2 is 2.26 bits per heavy atom. The number of non-ortho nitro benzene ring substituents is 1. The number of urea groups is 1. The van der Waals surface area contributed by atoms with Gasteiger partial charge in [-0.25, -0.2) is 9.59 Å². The van der Waals surface area contributed by atoms with E-state index in [9.17, 15) is 19.7 Å². The normalized spacial score (nSPS) is 17.1. The van der Waals surface area contributed by atoms with Crippen LogP contribution in [0.1, 0.15) is 18.5 Å². The van der Waals surface area contributed by atoms with Crippen LogP contribution in [0.3, 0.4) is 0 Å². The van der Waals surface area contributed by atoms with Gasteiger partial charge in [0.05, 0.1) is 16.5 Å². The van der Waals surface area contributed by atoms with Crippen molar-refractivity contribution in [3.05, 3.63) is 63.9 Å². The van der Waals surface area contributed by atoms with Crippen LogP contribution in [0.25, 0.3) is 0 Å². The van der Waals surface area contributed by atoms with Gasteiger partial charge in [0.15, 0.2) is 0 Å². The minimum Gasteiger partial charge on any atom is -0.458 e. The predicted octanol–water partition coefficient (Wildman–Crippen LogP) is 1.95. The summed E-state index contributed by atoms with van der Waals surface area (Å²) in [4.78, 5) is 34.3. The summed E-state index contributed by atoms with van der Waals surface area (Å²) < 4.78 is 5.03. The fourth-order valence-electron chi connectivity index (χ4n) is 2.24. The summed E-state index contributed by atoms with van der Waals surface area (Å²) in [6, 6.07) is 4.39. The van der Waals surface area contributed by atoms with Crippen molar-refractivity contribution < 1.29 is 19.2 Å². The average molecular weight is 317 g/mol. The van der Waals surface area contributed by atoms with Crippen LogP contribution in [0, 0.1) is 10.1 Å². The number of hydrogen-bond donors (Lipinski definition) is 2. The summed E-state index contributed by atoms with van der Waals surface area (Å²) in [5.41, 5.74) is 0.803. The van der Waals surface area contributed by atoms with Gasteiger partial charge in [-0.15, -0.1) is 0 Å². The number of esters is 1. The molecule has 0 radical (unpaired) electrons. The summed E-state index contributed by atoms with van der Waals surface area (Å²) in [6.45, 7) is 5.05. The topological polar surface area (TPSA) is 111 Å². The number of carbonyl (C=O) groups is 2. The molecule has 0 aliphatic carbocycles. The lowest BCUT2D eigenvalue weighted by molar-refractivity contribution is -0.384.